The fraction of sp³-hybridized carbons (Fsp3) is 0.316. The number of amides is 1. The maximum Gasteiger partial charge on any atom is 0.255 e. The summed E-state index contributed by atoms with van der Waals surface area (Å²) in [5, 5.41) is 0.247. The largest absolute Gasteiger partial charge is 0.368 e. The van der Waals surface area contributed by atoms with Crippen LogP contribution in [0.2, 0.25) is 5.02 Å². The molecule has 1 fully saturated rings. The molecule has 0 spiro atoms. The van der Waals surface area contributed by atoms with E-state index in [1.54, 1.807) is 4.90 Å². The van der Waals surface area contributed by atoms with Crippen LogP contribution in [0.25, 0.3) is 0 Å². The Hall–Kier alpha value is -2.09. The van der Waals surface area contributed by atoms with Crippen molar-refractivity contribution in [2.75, 3.05) is 38.1 Å². The second-order valence-electron chi connectivity index (χ2n) is 6.41. The lowest BCUT2D eigenvalue weighted by Crippen LogP contribution is -2.49. The number of aryl methyl sites for hydroxylation is 1. The predicted molar refractivity (Wildman–Crippen MR) is 107 cm³/mol. The maximum absolute atomic E-state index is 12.9. The van der Waals surface area contributed by atoms with Gasteiger partial charge in [0.2, 0.25) is 10.0 Å². The summed E-state index contributed by atoms with van der Waals surface area (Å²) in [7, 11) is -2.31. The molecule has 1 aliphatic heterocycles. The van der Waals surface area contributed by atoms with Gasteiger partial charge in [-0.15, -0.1) is 0 Å². The lowest BCUT2D eigenvalue weighted by Gasteiger charge is -2.37. The number of halogens is 1. The summed E-state index contributed by atoms with van der Waals surface area (Å²) in [5.41, 5.74) is 2.58. The highest BCUT2D eigenvalue weighted by atomic mass is 35.5. The van der Waals surface area contributed by atoms with E-state index in [0.29, 0.717) is 26.2 Å². The van der Waals surface area contributed by atoms with Gasteiger partial charge in [0, 0.05) is 31.9 Å². The van der Waals surface area contributed by atoms with E-state index in [-0.39, 0.29) is 21.4 Å². The first kappa shape index (κ1) is 19.7. The van der Waals surface area contributed by atoms with Crippen LogP contribution in [0, 0.1) is 6.92 Å². The first-order chi connectivity index (χ1) is 12.8. The molecule has 0 atom stereocenters. The number of hydrogen-bond donors (Lipinski definition) is 1. The fourth-order valence-corrected chi connectivity index (χ4v) is 4.15. The van der Waals surface area contributed by atoms with Gasteiger partial charge in [0.15, 0.2) is 0 Å². The molecule has 1 saturated heterocycles. The van der Waals surface area contributed by atoms with Gasteiger partial charge in [-0.2, -0.15) is 0 Å². The van der Waals surface area contributed by atoms with Gasteiger partial charge in [-0.05, 0) is 43.8 Å². The van der Waals surface area contributed by atoms with Crippen molar-refractivity contribution in [3.8, 4) is 0 Å². The van der Waals surface area contributed by atoms with Crippen LogP contribution < -0.4 is 9.62 Å². The number of rotatable bonds is 4. The average molecular weight is 408 g/mol. The minimum atomic E-state index is -3.64. The van der Waals surface area contributed by atoms with Gasteiger partial charge in [0.1, 0.15) is 0 Å². The summed E-state index contributed by atoms with van der Waals surface area (Å²) in [6.45, 7) is 4.59. The van der Waals surface area contributed by atoms with Crippen molar-refractivity contribution in [2.24, 2.45) is 0 Å². The second kappa shape index (κ2) is 7.88. The van der Waals surface area contributed by atoms with Crippen LogP contribution in [0.15, 0.2) is 47.4 Å². The molecule has 1 aliphatic rings. The lowest BCUT2D eigenvalue weighted by molar-refractivity contribution is 0.0746. The van der Waals surface area contributed by atoms with E-state index in [1.807, 2.05) is 12.1 Å². The number of nitrogens with one attached hydrogen (secondary N) is 1. The Morgan fingerprint density at radius 3 is 2.37 bits per heavy atom. The molecule has 3 rings (SSSR count). The quantitative estimate of drug-likeness (QED) is 0.845. The molecule has 6 nitrogen and oxygen atoms in total. The van der Waals surface area contributed by atoms with Crippen molar-refractivity contribution in [2.45, 2.75) is 11.8 Å². The summed E-state index contributed by atoms with van der Waals surface area (Å²) >= 11 is 6.18. The zero-order chi connectivity index (χ0) is 19.6. The number of sulfonamides is 1. The fourth-order valence-electron chi connectivity index (χ4n) is 3.19. The standard InChI is InChI=1S/C19H22ClN3O3S/c1-14-5-3-4-6-18(14)22-9-11-23(12-10-22)19(24)16-13-15(7-8-17(16)20)27(25,26)21-2/h3-8,13,21H,9-12H2,1-2H3. The molecular formula is C19H22ClN3O3S. The van der Waals surface area contributed by atoms with E-state index in [1.165, 1.54) is 36.5 Å². The molecule has 27 heavy (non-hydrogen) atoms. The molecule has 1 N–H and O–H groups in total. The number of benzene rings is 2. The molecule has 144 valence electrons. The number of hydrogen-bond acceptors (Lipinski definition) is 4. The van der Waals surface area contributed by atoms with Gasteiger partial charge in [-0.3, -0.25) is 4.79 Å². The first-order valence-electron chi connectivity index (χ1n) is 8.66. The van der Waals surface area contributed by atoms with Crippen LogP contribution in [0.4, 0.5) is 5.69 Å². The summed E-state index contributed by atoms with van der Waals surface area (Å²) in [6.07, 6.45) is 0. The molecule has 0 aromatic heterocycles. The third-order valence-electron chi connectivity index (χ3n) is 4.77. The van der Waals surface area contributed by atoms with Crippen molar-refractivity contribution in [3.05, 3.63) is 58.6 Å². The third-order valence-corrected chi connectivity index (χ3v) is 6.51. The van der Waals surface area contributed by atoms with Crippen LogP contribution >= 0.6 is 11.6 Å². The predicted octanol–water partition coefficient (Wildman–Crippen LogP) is 2.52. The molecule has 0 radical (unpaired) electrons. The SMILES string of the molecule is CNS(=O)(=O)c1ccc(Cl)c(C(=O)N2CCN(c3ccccc3C)CC2)c1. The minimum absolute atomic E-state index is 0.0243. The summed E-state index contributed by atoms with van der Waals surface area (Å²) in [6, 6.07) is 12.3. The Morgan fingerprint density at radius 2 is 1.74 bits per heavy atom. The van der Waals surface area contributed by atoms with Crippen LogP contribution in [0.3, 0.4) is 0 Å². The molecule has 1 amide bonds. The Morgan fingerprint density at radius 1 is 1.07 bits per heavy atom. The van der Waals surface area contributed by atoms with Gasteiger partial charge >= 0.3 is 0 Å². The number of nitrogens with zero attached hydrogens (tertiary/aromatic N) is 2. The zero-order valence-corrected chi connectivity index (χ0v) is 16.8. The van der Waals surface area contributed by atoms with E-state index in [0.717, 1.165) is 0 Å². The highest BCUT2D eigenvalue weighted by Crippen LogP contribution is 2.24. The van der Waals surface area contributed by atoms with Crippen molar-refractivity contribution in [1.29, 1.82) is 0 Å². The molecule has 0 unspecified atom stereocenters. The van der Waals surface area contributed by atoms with Gasteiger partial charge in [0.25, 0.3) is 5.91 Å². The molecule has 2 aromatic rings. The topological polar surface area (TPSA) is 69.7 Å². The molecule has 0 saturated carbocycles. The molecule has 8 heteroatoms. The molecule has 2 aromatic carbocycles. The zero-order valence-electron chi connectivity index (χ0n) is 15.3. The van der Waals surface area contributed by atoms with Gasteiger partial charge < -0.3 is 9.80 Å². The van der Waals surface area contributed by atoms with Crippen LogP contribution in [-0.2, 0) is 10.0 Å². The summed E-state index contributed by atoms with van der Waals surface area (Å²) in [4.78, 5) is 16.9. The first-order valence-corrected chi connectivity index (χ1v) is 10.5. The molecular weight excluding hydrogens is 386 g/mol. The number of carbonyl (C=O) groups is 1. The van der Waals surface area contributed by atoms with E-state index in [2.05, 4.69) is 28.7 Å². The number of para-hydroxylation sites is 1. The molecule has 0 bridgehead atoms. The van der Waals surface area contributed by atoms with Crippen LogP contribution in [0.5, 0.6) is 0 Å². The van der Waals surface area contributed by atoms with Crippen molar-refractivity contribution < 1.29 is 13.2 Å². The van der Waals surface area contributed by atoms with E-state index >= 15 is 0 Å². The highest BCUT2D eigenvalue weighted by Gasteiger charge is 2.25. The number of piperazine rings is 1. The Bertz CT molecular complexity index is 954. The number of carbonyl (C=O) groups excluding carboxylic acids is 1. The van der Waals surface area contributed by atoms with Crippen LogP contribution in [0.1, 0.15) is 15.9 Å². The maximum atomic E-state index is 12.9. The normalized spacial score (nSPS) is 15.1. The summed E-state index contributed by atoms with van der Waals surface area (Å²) < 4.78 is 26.3. The Kier molecular flexibility index (Phi) is 5.74. The second-order valence-corrected chi connectivity index (χ2v) is 8.71. The van der Waals surface area contributed by atoms with Crippen molar-refractivity contribution >= 4 is 33.2 Å². The van der Waals surface area contributed by atoms with Gasteiger partial charge in [0.05, 0.1) is 15.5 Å². The molecule has 0 aliphatic carbocycles. The van der Waals surface area contributed by atoms with Crippen molar-refractivity contribution in [3.63, 3.8) is 0 Å². The van der Waals surface area contributed by atoms with Gasteiger partial charge in [-0.25, -0.2) is 13.1 Å². The van der Waals surface area contributed by atoms with E-state index in [9.17, 15) is 13.2 Å². The monoisotopic (exact) mass is 407 g/mol. The van der Waals surface area contributed by atoms with Crippen molar-refractivity contribution in [1.82, 2.24) is 9.62 Å². The lowest BCUT2D eigenvalue weighted by atomic mass is 10.1. The van der Waals surface area contributed by atoms with Crippen LogP contribution in [-0.4, -0.2) is 52.5 Å². The number of anilines is 1. The minimum Gasteiger partial charge on any atom is -0.368 e. The van der Waals surface area contributed by atoms with E-state index < -0.39 is 10.0 Å². The average Bonchev–Trinajstić information content (AvgIpc) is 2.68. The molecule has 1 heterocycles. The van der Waals surface area contributed by atoms with Gasteiger partial charge in [-0.1, -0.05) is 29.8 Å². The van der Waals surface area contributed by atoms with E-state index in [4.69, 9.17) is 11.6 Å². The summed E-state index contributed by atoms with van der Waals surface area (Å²) in [5.74, 6) is -0.252. The Labute approximate surface area is 164 Å². The highest BCUT2D eigenvalue weighted by molar-refractivity contribution is 7.89. The smallest absolute Gasteiger partial charge is 0.255 e. The third kappa shape index (κ3) is 4.10. The Balaban J connectivity index is 1.77.